The molecule has 0 fully saturated rings. The van der Waals surface area contributed by atoms with E-state index < -0.39 is 22.1 Å². The molecule has 0 aliphatic carbocycles. The molecule has 2 aromatic rings. The van der Waals surface area contributed by atoms with Crippen LogP contribution in [0.3, 0.4) is 0 Å². The highest BCUT2D eigenvalue weighted by Gasteiger charge is 2.44. The third-order valence-electron chi connectivity index (χ3n) is 5.08. The van der Waals surface area contributed by atoms with E-state index in [0.717, 1.165) is 0 Å². The molecule has 9 nitrogen and oxygen atoms in total. The highest BCUT2D eigenvalue weighted by Crippen LogP contribution is 2.46. The van der Waals surface area contributed by atoms with Crippen LogP contribution in [0.15, 0.2) is 29.6 Å². The van der Waals surface area contributed by atoms with Gasteiger partial charge in [0.15, 0.2) is 11.8 Å². The Morgan fingerprint density at radius 2 is 2.06 bits per heavy atom. The van der Waals surface area contributed by atoms with Gasteiger partial charge in [0.05, 0.1) is 36.4 Å². The number of terminal acetylenes is 1. The van der Waals surface area contributed by atoms with Crippen molar-refractivity contribution in [3.05, 3.63) is 41.9 Å². The normalized spacial score (nSPS) is 22.1. The Kier molecular flexibility index (Phi) is 7.82. The molecular weight excluding hydrogens is 468 g/mol. The Balaban J connectivity index is 1.82. The van der Waals surface area contributed by atoms with Crippen LogP contribution < -0.4 is 15.8 Å². The quantitative estimate of drug-likeness (QED) is 0.279. The van der Waals surface area contributed by atoms with Crippen LogP contribution in [0, 0.1) is 18.3 Å². The summed E-state index contributed by atoms with van der Waals surface area (Å²) >= 11 is 1.40. The minimum absolute atomic E-state index is 0.0376. The monoisotopic (exact) mass is 494 g/mol. The summed E-state index contributed by atoms with van der Waals surface area (Å²) in [6.45, 7) is 4.24. The fourth-order valence-electron chi connectivity index (χ4n) is 3.64. The molecule has 0 saturated carbocycles. The molecule has 180 valence electrons. The number of amidine groups is 1. The number of pyridine rings is 1. The maximum Gasteiger partial charge on any atom is 0.275 e. The van der Waals surface area contributed by atoms with Gasteiger partial charge in [-0.1, -0.05) is 17.7 Å². The number of anilines is 1. The number of aliphatic imine (C=N–C) groups is 1. The van der Waals surface area contributed by atoms with E-state index >= 15 is 0 Å². The Bertz CT molecular complexity index is 1170. The largest absolute Gasteiger partial charge is 0.463 e. The van der Waals surface area contributed by atoms with Gasteiger partial charge in [-0.25, -0.2) is 15.0 Å². The van der Waals surface area contributed by atoms with Gasteiger partial charge in [0, 0.05) is 10.3 Å². The average molecular weight is 494 g/mol. The van der Waals surface area contributed by atoms with Crippen molar-refractivity contribution in [2.24, 2.45) is 10.7 Å². The zero-order chi connectivity index (χ0) is 25.9. The molecule has 0 saturated heterocycles. The summed E-state index contributed by atoms with van der Waals surface area (Å²) < 4.78 is 25.6. The molecule has 3 rings (SSSR count). The first-order chi connectivity index (χ1) is 16.3. The molecule has 14 heteroatoms. The number of halogens is 1. The molecule has 2 aromatic heterocycles. The first-order valence-corrected chi connectivity index (χ1v) is 11.7. The first-order valence-electron chi connectivity index (χ1n) is 10.9. The van der Waals surface area contributed by atoms with Gasteiger partial charge < -0.3 is 20.5 Å². The summed E-state index contributed by atoms with van der Waals surface area (Å²) in [7, 11) is 5.91. The molecule has 0 spiro atoms. The van der Waals surface area contributed by atoms with Gasteiger partial charge in [-0.15, -0.1) is 6.42 Å². The lowest BCUT2D eigenvalue weighted by molar-refractivity contribution is 0.100. The minimum Gasteiger partial charge on any atom is -0.463 e. The molecular formula is C21H26B3FN6O3S. The molecule has 0 radical (unpaired) electrons. The number of nitrogens with one attached hydrogen (secondary N) is 1. The van der Waals surface area contributed by atoms with Crippen molar-refractivity contribution < 1.29 is 18.7 Å². The van der Waals surface area contributed by atoms with Gasteiger partial charge in [0.25, 0.3) is 5.91 Å². The predicted molar refractivity (Wildman–Crippen MR) is 142 cm³/mol. The zero-order valence-electron chi connectivity index (χ0n) is 20.4. The molecule has 3 N–H and O–H groups in total. The highest BCUT2D eigenvalue weighted by molar-refractivity contribution is 8.15. The van der Waals surface area contributed by atoms with E-state index in [9.17, 15) is 9.18 Å². The molecule has 2 atom stereocenters. The number of nitrogens with zero attached hydrogens (tertiary/aromatic N) is 4. The maximum atomic E-state index is 14.9. The highest BCUT2D eigenvalue weighted by atomic mass is 32.2. The molecule has 35 heavy (non-hydrogen) atoms. The van der Waals surface area contributed by atoms with Crippen molar-refractivity contribution in [2.75, 3.05) is 18.5 Å². The Morgan fingerprint density at radius 3 is 2.69 bits per heavy atom. The number of aromatic nitrogens is 3. The smallest absolute Gasteiger partial charge is 0.275 e. The summed E-state index contributed by atoms with van der Waals surface area (Å²) in [5.74, 6) is 1.27. The van der Waals surface area contributed by atoms with E-state index in [1.165, 1.54) is 36.4 Å². The Hall–Kier alpha value is -3.04. The number of ether oxygens (including phenoxy) is 2. The second-order valence-electron chi connectivity index (χ2n) is 9.60. The van der Waals surface area contributed by atoms with Gasteiger partial charge in [-0.2, -0.15) is 4.39 Å². The van der Waals surface area contributed by atoms with Gasteiger partial charge >= 0.3 is 0 Å². The fraction of sp³-hybridized carbons (Fsp3) is 0.381. The van der Waals surface area contributed by atoms with Crippen LogP contribution >= 0.6 is 11.8 Å². The molecule has 0 unspecified atom stereocenters. The number of carbonyl (C=O) groups excluding carboxylic acids is 1. The Morgan fingerprint density at radius 1 is 1.31 bits per heavy atom. The molecule has 1 amide bonds. The number of carbonyl (C=O) groups is 1. The van der Waals surface area contributed by atoms with E-state index in [0.29, 0.717) is 18.2 Å². The number of nitrogens with two attached hydrogens (primary N) is 1. The van der Waals surface area contributed by atoms with Crippen LogP contribution in [0.25, 0.3) is 0 Å². The van der Waals surface area contributed by atoms with Gasteiger partial charge in [0.1, 0.15) is 29.2 Å². The SMILES string of the molecule is BC(B)(B)OC[C@@]1(C)C[C@@](C)(c2cc(NC(=O)c3cnc(OCC#C)cn3)cnc2F)N=C(N)S1. The topological polar surface area (TPSA) is 125 Å². The number of amides is 1. The summed E-state index contributed by atoms with van der Waals surface area (Å²) in [4.78, 5) is 29.1. The van der Waals surface area contributed by atoms with Crippen LogP contribution in [-0.4, -0.2) is 72.8 Å². The third-order valence-corrected chi connectivity index (χ3v) is 6.13. The van der Waals surface area contributed by atoms with E-state index in [2.05, 4.69) is 31.2 Å². The fourth-order valence-corrected chi connectivity index (χ4v) is 4.86. The van der Waals surface area contributed by atoms with Crippen molar-refractivity contribution in [1.29, 1.82) is 0 Å². The number of hydrogen-bond donors (Lipinski definition) is 2. The predicted octanol–water partition coefficient (Wildman–Crippen LogP) is -0.772. The Labute approximate surface area is 210 Å². The van der Waals surface area contributed by atoms with Crippen LogP contribution in [0.5, 0.6) is 5.88 Å². The van der Waals surface area contributed by atoms with E-state index in [1.807, 2.05) is 30.5 Å². The van der Waals surface area contributed by atoms with E-state index in [-0.39, 0.29) is 34.7 Å². The second-order valence-corrected chi connectivity index (χ2v) is 11.2. The molecule has 0 aromatic carbocycles. The first kappa shape index (κ1) is 26.6. The standard InChI is InChI=1S/C21H26B3FN6O3S/c1-4-5-33-15-9-27-14(8-28-15)17(32)30-12-6-13(16(25)29-7-12)20(3)10-19(2,35-18(26)31-20)11-34-21(22,23)24/h1,6-9H,5,10-11,22-24H2,2-3H3,(H2,26,31)(H,30,32)/t19-,20+/m1/s1. The lowest BCUT2D eigenvalue weighted by atomic mass is 9.52. The van der Waals surface area contributed by atoms with Gasteiger partial charge in [-0.05, 0) is 31.6 Å². The van der Waals surface area contributed by atoms with E-state index in [4.69, 9.17) is 21.6 Å². The van der Waals surface area contributed by atoms with Crippen molar-refractivity contribution in [3.8, 4) is 18.2 Å². The molecule has 1 aliphatic heterocycles. The third kappa shape index (κ3) is 6.99. The lowest BCUT2D eigenvalue weighted by Gasteiger charge is -2.42. The number of rotatable bonds is 8. The summed E-state index contributed by atoms with van der Waals surface area (Å²) in [5, 5.41) is 2.66. The van der Waals surface area contributed by atoms with Crippen LogP contribution in [0.4, 0.5) is 10.1 Å². The maximum absolute atomic E-state index is 14.9. The van der Waals surface area contributed by atoms with Crippen molar-refractivity contribution in [3.63, 3.8) is 0 Å². The second kappa shape index (κ2) is 10.3. The van der Waals surface area contributed by atoms with Crippen molar-refractivity contribution in [2.45, 2.75) is 35.9 Å². The molecule has 3 heterocycles. The van der Waals surface area contributed by atoms with Crippen LogP contribution in [0.2, 0.25) is 0 Å². The van der Waals surface area contributed by atoms with E-state index in [1.54, 1.807) is 6.92 Å². The molecule has 0 bridgehead atoms. The van der Waals surface area contributed by atoms with Crippen molar-refractivity contribution >= 4 is 52.1 Å². The summed E-state index contributed by atoms with van der Waals surface area (Å²) in [5.41, 5.74) is 5.68. The van der Waals surface area contributed by atoms with Gasteiger partial charge in [-0.3, -0.25) is 9.79 Å². The summed E-state index contributed by atoms with van der Waals surface area (Å²) in [6.07, 6.45) is 9.36. The molecule has 1 aliphatic rings. The number of thioether (sulfide) groups is 1. The summed E-state index contributed by atoms with van der Waals surface area (Å²) in [6, 6.07) is 1.51. The average Bonchev–Trinajstić information content (AvgIpc) is 2.76. The van der Waals surface area contributed by atoms with Crippen LogP contribution in [-0.2, 0) is 10.3 Å². The van der Waals surface area contributed by atoms with Crippen LogP contribution in [0.1, 0.15) is 36.3 Å². The minimum atomic E-state index is -1.01. The van der Waals surface area contributed by atoms with Gasteiger partial charge in [0.2, 0.25) is 11.8 Å². The van der Waals surface area contributed by atoms with Crippen molar-refractivity contribution in [1.82, 2.24) is 15.0 Å². The lowest BCUT2D eigenvalue weighted by Crippen LogP contribution is -2.46. The number of hydrogen-bond acceptors (Lipinski definition) is 9. The zero-order valence-corrected chi connectivity index (χ0v) is 21.2.